The normalized spacial score (nSPS) is 10.5. The van der Waals surface area contributed by atoms with Gasteiger partial charge in [0.2, 0.25) is 5.13 Å². The summed E-state index contributed by atoms with van der Waals surface area (Å²) in [6.45, 7) is 2.07. The van der Waals surface area contributed by atoms with Gasteiger partial charge in [-0.2, -0.15) is 0 Å². The van der Waals surface area contributed by atoms with Crippen molar-refractivity contribution in [1.82, 2.24) is 15.2 Å². The van der Waals surface area contributed by atoms with Crippen LogP contribution in [-0.4, -0.2) is 15.2 Å². The fraction of sp³-hybridized carbons (Fsp3) is 0.286. The molecule has 4 nitrogen and oxygen atoms in total. The van der Waals surface area contributed by atoms with Crippen LogP contribution in [0.5, 0.6) is 0 Å². The molecular formula is C7H8N4S2. The smallest absolute Gasteiger partial charge is 0.203 e. The van der Waals surface area contributed by atoms with Gasteiger partial charge >= 0.3 is 0 Å². The number of aryl methyl sites for hydroxylation is 1. The Kier molecular flexibility index (Phi) is 2.24. The summed E-state index contributed by atoms with van der Waals surface area (Å²) in [5, 5.41) is 9.13. The van der Waals surface area contributed by atoms with Crippen LogP contribution in [0.25, 0.3) is 9.88 Å². The molecule has 0 aromatic carbocycles. The minimum Gasteiger partial charge on any atom is -0.374 e. The van der Waals surface area contributed by atoms with Crippen LogP contribution in [0.1, 0.15) is 12.6 Å². The summed E-state index contributed by atoms with van der Waals surface area (Å²) >= 11 is 2.98. The van der Waals surface area contributed by atoms with Gasteiger partial charge in [-0.1, -0.05) is 18.3 Å². The maximum Gasteiger partial charge on any atom is 0.203 e. The van der Waals surface area contributed by atoms with Gasteiger partial charge in [0.15, 0.2) is 5.01 Å². The number of hydrogen-bond acceptors (Lipinski definition) is 6. The largest absolute Gasteiger partial charge is 0.374 e. The molecule has 6 heteroatoms. The van der Waals surface area contributed by atoms with Crippen molar-refractivity contribution in [1.29, 1.82) is 0 Å². The number of aromatic nitrogens is 3. The second-order valence-corrected chi connectivity index (χ2v) is 4.29. The Morgan fingerprint density at radius 2 is 2.31 bits per heavy atom. The molecular weight excluding hydrogens is 204 g/mol. The maximum atomic E-state index is 5.51. The second kappa shape index (κ2) is 3.39. The standard InChI is InChI=1S/C7H8N4S2/c1-2-4-5(12-3-9-4)6-10-11-7(8)13-6/h3H,2H2,1H3,(H2,8,11). The van der Waals surface area contributed by atoms with Crippen LogP contribution in [0.3, 0.4) is 0 Å². The highest BCUT2D eigenvalue weighted by Gasteiger charge is 2.11. The highest BCUT2D eigenvalue weighted by molar-refractivity contribution is 7.22. The third-order valence-electron chi connectivity index (χ3n) is 1.61. The highest BCUT2D eigenvalue weighted by atomic mass is 32.1. The van der Waals surface area contributed by atoms with Gasteiger partial charge in [-0.3, -0.25) is 0 Å². The van der Waals surface area contributed by atoms with Crippen molar-refractivity contribution < 1.29 is 0 Å². The highest BCUT2D eigenvalue weighted by Crippen LogP contribution is 2.30. The van der Waals surface area contributed by atoms with Crippen molar-refractivity contribution in [2.75, 3.05) is 5.73 Å². The Hall–Kier alpha value is -1.01. The first kappa shape index (κ1) is 8.58. The first-order valence-corrected chi connectivity index (χ1v) is 5.52. The number of anilines is 1. The fourth-order valence-corrected chi connectivity index (χ4v) is 2.62. The second-order valence-electron chi connectivity index (χ2n) is 2.43. The Labute approximate surface area is 83.5 Å². The third kappa shape index (κ3) is 1.54. The third-order valence-corrected chi connectivity index (χ3v) is 3.39. The number of rotatable bonds is 2. The zero-order valence-corrected chi connectivity index (χ0v) is 8.65. The van der Waals surface area contributed by atoms with E-state index in [0.717, 1.165) is 22.0 Å². The van der Waals surface area contributed by atoms with Crippen molar-refractivity contribution in [2.24, 2.45) is 0 Å². The summed E-state index contributed by atoms with van der Waals surface area (Å²) in [5.74, 6) is 0. The van der Waals surface area contributed by atoms with Crippen LogP contribution < -0.4 is 5.73 Å². The van der Waals surface area contributed by atoms with Crippen LogP contribution >= 0.6 is 22.7 Å². The van der Waals surface area contributed by atoms with Gasteiger partial charge in [0, 0.05) is 0 Å². The first-order chi connectivity index (χ1) is 6.31. The average Bonchev–Trinajstić information content (AvgIpc) is 2.71. The van der Waals surface area contributed by atoms with Gasteiger partial charge in [-0.25, -0.2) is 4.98 Å². The van der Waals surface area contributed by atoms with Crippen molar-refractivity contribution in [2.45, 2.75) is 13.3 Å². The molecule has 0 unspecified atom stereocenters. The average molecular weight is 212 g/mol. The summed E-state index contributed by atoms with van der Waals surface area (Å²) in [6, 6.07) is 0. The van der Waals surface area contributed by atoms with Crippen molar-refractivity contribution in [3.63, 3.8) is 0 Å². The summed E-state index contributed by atoms with van der Waals surface area (Å²) in [7, 11) is 0. The van der Waals surface area contributed by atoms with E-state index in [9.17, 15) is 0 Å². The number of hydrogen-bond donors (Lipinski definition) is 1. The quantitative estimate of drug-likeness (QED) is 0.824. The molecule has 0 saturated heterocycles. The summed E-state index contributed by atoms with van der Waals surface area (Å²) in [5.41, 5.74) is 8.40. The van der Waals surface area contributed by atoms with Gasteiger partial charge in [0.05, 0.1) is 16.1 Å². The SMILES string of the molecule is CCc1ncsc1-c1nnc(N)s1. The molecule has 68 valence electrons. The van der Waals surface area contributed by atoms with E-state index >= 15 is 0 Å². The molecule has 2 N–H and O–H groups in total. The molecule has 0 aliphatic rings. The minimum atomic E-state index is 0.505. The van der Waals surface area contributed by atoms with E-state index in [1.807, 2.05) is 5.51 Å². The molecule has 0 atom stereocenters. The Morgan fingerprint density at radius 3 is 2.92 bits per heavy atom. The minimum absolute atomic E-state index is 0.505. The molecule has 0 radical (unpaired) electrons. The van der Waals surface area contributed by atoms with Crippen molar-refractivity contribution in [3.05, 3.63) is 11.2 Å². The summed E-state index contributed by atoms with van der Waals surface area (Å²) in [4.78, 5) is 5.33. The molecule has 0 aliphatic carbocycles. The summed E-state index contributed by atoms with van der Waals surface area (Å²) in [6.07, 6.45) is 0.915. The predicted octanol–water partition coefficient (Wildman–Crippen LogP) is 1.81. The molecule has 0 amide bonds. The molecule has 0 aliphatic heterocycles. The number of nitrogens with two attached hydrogens (primary N) is 1. The first-order valence-electron chi connectivity index (χ1n) is 3.83. The van der Waals surface area contributed by atoms with Gasteiger partial charge in [0.25, 0.3) is 0 Å². The lowest BCUT2D eigenvalue weighted by atomic mass is 10.3. The molecule has 13 heavy (non-hydrogen) atoms. The fourth-order valence-electron chi connectivity index (χ4n) is 1.02. The zero-order chi connectivity index (χ0) is 9.26. The Morgan fingerprint density at radius 1 is 1.46 bits per heavy atom. The predicted molar refractivity (Wildman–Crippen MR) is 54.8 cm³/mol. The lowest BCUT2D eigenvalue weighted by molar-refractivity contribution is 1.05. The Bertz CT molecular complexity index is 406. The van der Waals surface area contributed by atoms with Crippen LogP contribution in [0, 0.1) is 0 Å². The van der Waals surface area contributed by atoms with E-state index < -0.39 is 0 Å². The van der Waals surface area contributed by atoms with E-state index in [1.165, 1.54) is 11.3 Å². The van der Waals surface area contributed by atoms with Crippen LogP contribution in [0.2, 0.25) is 0 Å². The lowest BCUT2D eigenvalue weighted by Crippen LogP contribution is -1.83. The van der Waals surface area contributed by atoms with Gasteiger partial charge in [0.1, 0.15) is 0 Å². The lowest BCUT2D eigenvalue weighted by Gasteiger charge is -1.91. The topological polar surface area (TPSA) is 64.7 Å². The van der Waals surface area contributed by atoms with E-state index in [1.54, 1.807) is 11.3 Å². The molecule has 0 fully saturated rings. The van der Waals surface area contributed by atoms with Gasteiger partial charge < -0.3 is 5.73 Å². The summed E-state index contributed by atoms with van der Waals surface area (Å²) < 4.78 is 0. The van der Waals surface area contributed by atoms with E-state index in [4.69, 9.17) is 5.73 Å². The van der Waals surface area contributed by atoms with Crippen LogP contribution in [-0.2, 0) is 6.42 Å². The van der Waals surface area contributed by atoms with Crippen molar-refractivity contribution in [3.8, 4) is 9.88 Å². The molecule has 0 spiro atoms. The van der Waals surface area contributed by atoms with E-state index in [-0.39, 0.29) is 0 Å². The molecule has 2 heterocycles. The molecule has 2 aromatic heterocycles. The maximum absolute atomic E-state index is 5.51. The van der Waals surface area contributed by atoms with Gasteiger partial charge in [-0.05, 0) is 6.42 Å². The van der Waals surface area contributed by atoms with Crippen molar-refractivity contribution >= 4 is 27.8 Å². The molecule has 2 aromatic rings. The van der Waals surface area contributed by atoms with E-state index in [2.05, 4.69) is 22.1 Å². The van der Waals surface area contributed by atoms with Crippen LogP contribution in [0.4, 0.5) is 5.13 Å². The Balaban J connectivity index is 2.45. The molecule has 0 saturated carbocycles. The zero-order valence-electron chi connectivity index (χ0n) is 7.02. The van der Waals surface area contributed by atoms with Gasteiger partial charge in [-0.15, -0.1) is 21.5 Å². The molecule has 2 rings (SSSR count). The number of nitrogen functional groups attached to an aromatic ring is 1. The monoisotopic (exact) mass is 212 g/mol. The van der Waals surface area contributed by atoms with E-state index in [0.29, 0.717) is 5.13 Å². The number of nitrogens with zero attached hydrogens (tertiary/aromatic N) is 3. The van der Waals surface area contributed by atoms with Crippen LogP contribution in [0.15, 0.2) is 5.51 Å². The number of thiazole rings is 1. The molecule has 0 bridgehead atoms.